The van der Waals surface area contributed by atoms with Crippen molar-refractivity contribution in [2.75, 3.05) is 13.7 Å². The lowest BCUT2D eigenvalue weighted by atomic mass is 9.35. The molecule has 1 spiro atoms. The number of hydrogen-bond donors (Lipinski definition) is 2. The molecular weight excluding hydrogens is 316 g/mol. The van der Waals surface area contributed by atoms with Gasteiger partial charge in [-0.3, -0.25) is 4.79 Å². The van der Waals surface area contributed by atoms with Crippen LogP contribution in [0.2, 0.25) is 0 Å². The van der Waals surface area contributed by atoms with E-state index in [0.717, 1.165) is 44.9 Å². The fourth-order valence-corrected chi connectivity index (χ4v) is 8.17. The SMILES string of the molecule is COC(=O)C1(C)CCCC2(C)C3CC4CCC3(CCC12)CC4(O)CO. The molecule has 25 heavy (non-hydrogen) atoms. The maximum Gasteiger partial charge on any atom is 0.311 e. The van der Waals surface area contributed by atoms with Crippen LogP contribution < -0.4 is 0 Å². The molecule has 142 valence electrons. The molecule has 5 aliphatic rings. The summed E-state index contributed by atoms with van der Waals surface area (Å²) >= 11 is 0. The van der Waals surface area contributed by atoms with Crippen LogP contribution in [0, 0.1) is 34.0 Å². The van der Waals surface area contributed by atoms with Gasteiger partial charge >= 0.3 is 5.97 Å². The topological polar surface area (TPSA) is 66.8 Å². The zero-order chi connectivity index (χ0) is 18.1. The molecule has 2 bridgehead atoms. The molecule has 5 aliphatic carbocycles. The van der Waals surface area contributed by atoms with Crippen LogP contribution in [0.15, 0.2) is 0 Å². The zero-order valence-corrected chi connectivity index (χ0v) is 16.0. The molecule has 5 rings (SSSR count). The fraction of sp³-hybridized carbons (Fsp3) is 0.952. The molecule has 0 saturated heterocycles. The summed E-state index contributed by atoms with van der Waals surface area (Å²) in [6, 6.07) is 0. The molecule has 0 aromatic heterocycles. The van der Waals surface area contributed by atoms with Gasteiger partial charge in [0.1, 0.15) is 0 Å². The second-order valence-corrected chi connectivity index (χ2v) is 10.2. The molecule has 4 heteroatoms. The third kappa shape index (κ3) is 2.16. The third-order valence-corrected chi connectivity index (χ3v) is 9.30. The van der Waals surface area contributed by atoms with Gasteiger partial charge in [-0.25, -0.2) is 0 Å². The van der Waals surface area contributed by atoms with Gasteiger partial charge in [-0.05, 0) is 86.9 Å². The molecule has 0 aromatic rings. The number of aliphatic hydroxyl groups excluding tert-OH is 1. The van der Waals surface area contributed by atoms with E-state index >= 15 is 0 Å². The molecule has 0 heterocycles. The highest BCUT2D eigenvalue weighted by molar-refractivity contribution is 5.77. The Hall–Kier alpha value is -0.610. The first-order chi connectivity index (χ1) is 11.7. The summed E-state index contributed by atoms with van der Waals surface area (Å²) in [4.78, 5) is 12.7. The molecule has 4 nitrogen and oxygen atoms in total. The Labute approximate surface area is 151 Å². The van der Waals surface area contributed by atoms with Crippen LogP contribution in [0.25, 0.3) is 0 Å². The van der Waals surface area contributed by atoms with Crippen molar-refractivity contribution in [3.05, 3.63) is 0 Å². The van der Waals surface area contributed by atoms with Crippen LogP contribution in [0.4, 0.5) is 0 Å². The molecular formula is C21H34O4. The number of carbonyl (C=O) groups excluding carboxylic acids is 1. The van der Waals surface area contributed by atoms with Gasteiger partial charge in [0, 0.05) is 0 Å². The van der Waals surface area contributed by atoms with Crippen molar-refractivity contribution in [1.82, 2.24) is 0 Å². The first kappa shape index (κ1) is 17.8. The number of rotatable bonds is 2. The van der Waals surface area contributed by atoms with E-state index < -0.39 is 5.60 Å². The summed E-state index contributed by atoms with van der Waals surface area (Å²) in [5.74, 6) is 1.12. The minimum atomic E-state index is -0.877. The minimum absolute atomic E-state index is 0.0350. The van der Waals surface area contributed by atoms with Crippen LogP contribution in [-0.2, 0) is 9.53 Å². The van der Waals surface area contributed by atoms with E-state index in [2.05, 4.69) is 13.8 Å². The summed E-state index contributed by atoms with van der Waals surface area (Å²) < 4.78 is 5.22. The maximum atomic E-state index is 12.7. The van der Waals surface area contributed by atoms with E-state index in [1.807, 2.05) is 0 Å². The summed E-state index contributed by atoms with van der Waals surface area (Å²) in [5.41, 5.74) is -0.938. The number of hydrogen-bond acceptors (Lipinski definition) is 4. The van der Waals surface area contributed by atoms with Crippen molar-refractivity contribution < 1.29 is 19.7 Å². The Balaban J connectivity index is 1.72. The van der Waals surface area contributed by atoms with Gasteiger partial charge in [-0.15, -0.1) is 0 Å². The van der Waals surface area contributed by atoms with Crippen LogP contribution >= 0.6 is 0 Å². The Morgan fingerprint density at radius 2 is 1.84 bits per heavy atom. The predicted octanol–water partition coefficient (Wildman–Crippen LogP) is 3.30. The number of fused-ring (bicyclic) bond motifs is 3. The number of methoxy groups -OCH3 is 1. The number of aliphatic hydroxyl groups is 2. The third-order valence-electron chi connectivity index (χ3n) is 9.30. The second-order valence-electron chi connectivity index (χ2n) is 10.2. The van der Waals surface area contributed by atoms with Gasteiger partial charge in [0.05, 0.1) is 24.7 Å². The van der Waals surface area contributed by atoms with Crippen molar-refractivity contribution >= 4 is 5.97 Å². The highest BCUT2D eigenvalue weighted by Gasteiger charge is 2.68. The van der Waals surface area contributed by atoms with Crippen LogP contribution in [0.3, 0.4) is 0 Å². The predicted molar refractivity (Wildman–Crippen MR) is 94.7 cm³/mol. The summed E-state index contributed by atoms with van der Waals surface area (Å²) in [6.07, 6.45) is 9.32. The monoisotopic (exact) mass is 350 g/mol. The van der Waals surface area contributed by atoms with E-state index in [9.17, 15) is 15.0 Å². The lowest BCUT2D eigenvalue weighted by Gasteiger charge is -2.69. The summed E-state index contributed by atoms with van der Waals surface area (Å²) in [5, 5.41) is 20.8. The number of ether oxygens (including phenoxy) is 1. The highest BCUT2D eigenvalue weighted by atomic mass is 16.5. The van der Waals surface area contributed by atoms with Gasteiger partial charge in [0.15, 0.2) is 0 Å². The van der Waals surface area contributed by atoms with E-state index in [0.29, 0.717) is 11.8 Å². The molecule has 0 amide bonds. The van der Waals surface area contributed by atoms with Crippen molar-refractivity contribution in [3.8, 4) is 0 Å². The zero-order valence-electron chi connectivity index (χ0n) is 16.0. The van der Waals surface area contributed by atoms with Gasteiger partial charge in [-0.1, -0.05) is 13.3 Å². The van der Waals surface area contributed by atoms with E-state index in [4.69, 9.17) is 4.74 Å². The van der Waals surface area contributed by atoms with Crippen molar-refractivity contribution in [3.63, 3.8) is 0 Å². The van der Waals surface area contributed by atoms with Crippen molar-refractivity contribution in [2.24, 2.45) is 34.0 Å². The maximum absolute atomic E-state index is 12.7. The van der Waals surface area contributed by atoms with Crippen molar-refractivity contribution in [1.29, 1.82) is 0 Å². The lowest BCUT2D eigenvalue weighted by molar-refractivity contribution is -0.245. The first-order valence-electron chi connectivity index (χ1n) is 10.2. The Morgan fingerprint density at radius 1 is 1.12 bits per heavy atom. The van der Waals surface area contributed by atoms with Gasteiger partial charge < -0.3 is 14.9 Å². The summed E-state index contributed by atoms with van der Waals surface area (Å²) in [6.45, 7) is 4.44. The van der Waals surface area contributed by atoms with E-state index in [1.54, 1.807) is 0 Å². The summed E-state index contributed by atoms with van der Waals surface area (Å²) in [7, 11) is 1.52. The standard InChI is InChI=1S/C21H34O4/c1-18-7-4-8-19(2,17(23)25-3)15(18)6-10-20-9-5-14(11-16(18)20)21(24,12-20)13-22/h14-16,22,24H,4-13H2,1-3H3. The molecule has 5 fully saturated rings. The van der Waals surface area contributed by atoms with Gasteiger partial charge in [0.2, 0.25) is 0 Å². The van der Waals surface area contributed by atoms with E-state index in [-0.39, 0.29) is 34.7 Å². The van der Waals surface area contributed by atoms with Crippen molar-refractivity contribution in [2.45, 2.75) is 77.2 Å². The van der Waals surface area contributed by atoms with Crippen LogP contribution in [-0.4, -0.2) is 35.5 Å². The van der Waals surface area contributed by atoms with Gasteiger partial charge in [-0.2, -0.15) is 0 Å². The van der Waals surface area contributed by atoms with Gasteiger partial charge in [0.25, 0.3) is 0 Å². The minimum Gasteiger partial charge on any atom is -0.469 e. The molecule has 0 aromatic carbocycles. The number of carbonyl (C=O) groups is 1. The normalized spacial score (nSPS) is 54.5. The lowest BCUT2D eigenvalue weighted by Crippen LogP contribution is -2.66. The molecule has 0 radical (unpaired) electrons. The second kappa shape index (κ2) is 5.45. The molecule has 5 saturated carbocycles. The van der Waals surface area contributed by atoms with Crippen LogP contribution in [0.1, 0.15) is 71.6 Å². The van der Waals surface area contributed by atoms with Crippen LogP contribution in [0.5, 0.6) is 0 Å². The Bertz CT molecular complexity index is 576. The highest BCUT2D eigenvalue weighted by Crippen LogP contribution is 2.72. The molecule has 0 aliphatic heterocycles. The Morgan fingerprint density at radius 3 is 2.52 bits per heavy atom. The average Bonchev–Trinajstić information content (AvgIpc) is 2.60. The average molecular weight is 350 g/mol. The largest absolute Gasteiger partial charge is 0.469 e. The molecule has 7 atom stereocenters. The number of esters is 1. The molecule has 7 unspecified atom stereocenters. The molecule has 2 N–H and O–H groups in total. The smallest absolute Gasteiger partial charge is 0.311 e. The Kier molecular flexibility index (Phi) is 3.88. The van der Waals surface area contributed by atoms with E-state index in [1.165, 1.54) is 20.0 Å². The fourth-order valence-electron chi connectivity index (χ4n) is 8.17. The first-order valence-corrected chi connectivity index (χ1v) is 10.2. The quantitative estimate of drug-likeness (QED) is 0.750.